The standard InChI is InChI=1S/C11H22N2O3/c1-5-9(6-2)12-7-10(11(15)16-4)13-8(3)14/h9-10,12H,5-7H2,1-4H3,(H,13,14). The summed E-state index contributed by atoms with van der Waals surface area (Å²) in [6.07, 6.45) is 1.98. The van der Waals surface area contributed by atoms with E-state index in [1.54, 1.807) is 0 Å². The lowest BCUT2D eigenvalue weighted by Crippen LogP contribution is -2.49. The molecular formula is C11H22N2O3. The van der Waals surface area contributed by atoms with Gasteiger partial charge in [0.1, 0.15) is 6.04 Å². The lowest BCUT2D eigenvalue weighted by atomic mass is 10.1. The van der Waals surface area contributed by atoms with Crippen LogP contribution in [-0.2, 0) is 14.3 Å². The molecule has 1 amide bonds. The minimum atomic E-state index is -0.608. The lowest BCUT2D eigenvalue weighted by Gasteiger charge is -2.20. The number of rotatable bonds is 7. The Hall–Kier alpha value is -1.10. The number of carbonyl (C=O) groups excluding carboxylic acids is 2. The third-order valence-corrected chi connectivity index (χ3v) is 2.46. The number of ether oxygens (including phenoxy) is 1. The quantitative estimate of drug-likeness (QED) is 0.623. The molecule has 1 atom stereocenters. The van der Waals surface area contributed by atoms with Gasteiger partial charge in [-0.2, -0.15) is 0 Å². The van der Waals surface area contributed by atoms with Crippen LogP contribution in [0.4, 0.5) is 0 Å². The molecule has 5 nitrogen and oxygen atoms in total. The van der Waals surface area contributed by atoms with Crippen LogP contribution in [0, 0.1) is 0 Å². The molecule has 2 N–H and O–H groups in total. The van der Waals surface area contributed by atoms with Crippen LogP contribution in [0.25, 0.3) is 0 Å². The summed E-state index contributed by atoms with van der Waals surface area (Å²) in [4.78, 5) is 22.3. The van der Waals surface area contributed by atoms with E-state index in [4.69, 9.17) is 0 Å². The van der Waals surface area contributed by atoms with Crippen LogP contribution in [0.5, 0.6) is 0 Å². The van der Waals surface area contributed by atoms with Gasteiger partial charge in [-0.25, -0.2) is 4.79 Å². The van der Waals surface area contributed by atoms with E-state index >= 15 is 0 Å². The number of carbonyl (C=O) groups is 2. The van der Waals surface area contributed by atoms with Crippen LogP contribution < -0.4 is 10.6 Å². The van der Waals surface area contributed by atoms with E-state index in [0.717, 1.165) is 12.8 Å². The van der Waals surface area contributed by atoms with Crippen molar-refractivity contribution >= 4 is 11.9 Å². The van der Waals surface area contributed by atoms with Crippen molar-refractivity contribution in [2.24, 2.45) is 0 Å². The van der Waals surface area contributed by atoms with Crippen LogP contribution in [-0.4, -0.2) is 37.6 Å². The molecule has 16 heavy (non-hydrogen) atoms. The fourth-order valence-corrected chi connectivity index (χ4v) is 1.44. The average Bonchev–Trinajstić information content (AvgIpc) is 2.27. The summed E-state index contributed by atoms with van der Waals surface area (Å²) in [7, 11) is 1.31. The van der Waals surface area contributed by atoms with Crippen molar-refractivity contribution in [1.29, 1.82) is 0 Å². The van der Waals surface area contributed by atoms with E-state index in [1.165, 1.54) is 14.0 Å². The molecule has 0 saturated heterocycles. The highest BCUT2D eigenvalue weighted by Gasteiger charge is 2.20. The number of hydrogen-bond acceptors (Lipinski definition) is 4. The Bertz CT molecular complexity index is 227. The van der Waals surface area contributed by atoms with Crippen LogP contribution in [0.1, 0.15) is 33.6 Å². The predicted octanol–water partition coefficient (Wildman–Crippen LogP) is 0.442. The van der Waals surface area contributed by atoms with E-state index in [0.29, 0.717) is 12.6 Å². The van der Waals surface area contributed by atoms with Crippen molar-refractivity contribution in [2.75, 3.05) is 13.7 Å². The molecule has 0 heterocycles. The zero-order valence-electron chi connectivity index (χ0n) is 10.5. The van der Waals surface area contributed by atoms with Gasteiger partial charge in [0.2, 0.25) is 5.91 Å². The second kappa shape index (κ2) is 8.10. The number of methoxy groups -OCH3 is 1. The Labute approximate surface area is 96.9 Å². The maximum absolute atomic E-state index is 11.4. The zero-order chi connectivity index (χ0) is 12.6. The minimum Gasteiger partial charge on any atom is -0.467 e. The Kier molecular flexibility index (Phi) is 7.54. The van der Waals surface area contributed by atoms with Crippen molar-refractivity contribution in [3.05, 3.63) is 0 Å². The summed E-state index contributed by atoms with van der Waals surface area (Å²) in [5.74, 6) is -0.657. The topological polar surface area (TPSA) is 67.4 Å². The Balaban J connectivity index is 4.20. The highest BCUT2D eigenvalue weighted by atomic mass is 16.5. The molecule has 0 aliphatic carbocycles. The second-order valence-corrected chi connectivity index (χ2v) is 3.70. The lowest BCUT2D eigenvalue weighted by molar-refractivity contribution is -0.144. The average molecular weight is 230 g/mol. The molecule has 94 valence electrons. The number of esters is 1. The first-order valence-corrected chi connectivity index (χ1v) is 5.63. The Morgan fingerprint density at radius 2 is 1.81 bits per heavy atom. The molecule has 0 aliphatic rings. The van der Waals surface area contributed by atoms with Crippen LogP contribution in [0.15, 0.2) is 0 Å². The molecule has 0 radical (unpaired) electrons. The number of amides is 1. The van der Waals surface area contributed by atoms with E-state index in [1.807, 2.05) is 0 Å². The van der Waals surface area contributed by atoms with Gasteiger partial charge in [-0.1, -0.05) is 13.8 Å². The normalized spacial score (nSPS) is 12.3. The van der Waals surface area contributed by atoms with Gasteiger partial charge in [0.05, 0.1) is 7.11 Å². The molecule has 0 rings (SSSR count). The minimum absolute atomic E-state index is 0.234. The highest BCUT2D eigenvalue weighted by molar-refractivity contribution is 5.83. The van der Waals surface area contributed by atoms with E-state index in [-0.39, 0.29) is 5.91 Å². The fraction of sp³-hybridized carbons (Fsp3) is 0.818. The van der Waals surface area contributed by atoms with Gasteiger partial charge in [0.15, 0.2) is 0 Å². The van der Waals surface area contributed by atoms with E-state index in [9.17, 15) is 9.59 Å². The van der Waals surface area contributed by atoms with Crippen LogP contribution >= 0.6 is 0 Å². The summed E-state index contributed by atoms with van der Waals surface area (Å²) >= 11 is 0. The van der Waals surface area contributed by atoms with Crippen molar-refractivity contribution in [1.82, 2.24) is 10.6 Å². The van der Waals surface area contributed by atoms with Crippen molar-refractivity contribution < 1.29 is 14.3 Å². The molecule has 0 bridgehead atoms. The van der Waals surface area contributed by atoms with Crippen molar-refractivity contribution in [3.63, 3.8) is 0 Å². The van der Waals surface area contributed by atoms with Gasteiger partial charge in [-0.3, -0.25) is 4.79 Å². The number of nitrogens with one attached hydrogen (secondary N) is 2. The smallest absolute Gasteiger partial charge is 0.329 e. The summed E-state index contributed by atoms with van der Waals surface area (Å²) in [5, 5.41) is 5.78. The molecule has 0 saturated carbocycles. The predicted molar refractivity (Wildman–Crippen MR) is 62.0 cm³/mol. The summed E-state index contributed by atoms with van der Waals surface area (Å²) < 4.78 is 4.62. The summed E-state index contributed by atoms with van der Waals surface area (Å²) in [6, 6.07) is -0.246. The van der Waals surface area contributed by atoms with Gasteiger partial charge in [0, 0.05) is 19.5 Å². The Morgan fingerprint density at radius 3 is 2.19 bits per heavy atom. The van der Waals surface area contributed by atoms with Gasteiger partial charge >= 0.3 is 5.97 Å². The molecule has 1 unspecified atom stereocenters. The van der Waals surface area contributed by atoms with Crippen LogP contribution in [0.3, 0.4) is 0 Å². The zero-order valence-corrected chi connectivity index (χ0v) is 10.5. The second-order valence-electron chi connectivity index (χ2n) is 3.70. The molecule has 0 aromatic carbocycles. The molecule has 0 fully saturated rings. The largest absolute Gasteiger partial charge is 0.467 e. The third-order valence-electron chi connectivity index (χ3n) is 2.46. The fourth-order valence-electron chi connectivity index (χ4n) is 1.44. The molecule has 0 aromatic rings. The summed E-state index contributed by atoms with van der Waals surface area (Å²) in [6.45, 7) is 5.94. The monoisotopic (exact) mass is 230 g/mol. The van der Waals surface area contributed by atoms with Gasteiger partial charge in [-0.15, -0.1) is 0 Å². The third kappa shape index (κ3) is 5.70. The first kappa shape index (κ1) is 14.9. The molecule has 0 spiro atoms. The summed E-state index contributed by atoms with van der Waals surface area (Å²) in [5.41, 5.74) is 0. The van der Waals surface area contributed by atoms with E-state index in [2.05, 4.69) is 29.2 Å². The van der Waals surface area contributed by atoms with Crippen molar-refractivity contribution in [3.8, 4) is 0 Å². The van der Waals surface area contributed by atoms with E-state index < -0.39 is 12.0 Å². The molecule has 0 aromatic heterocycles. The van der Waals surface area contributed by atoms with Crippen molar-refractivity contribution in [2.45, 2.75) is 45.7 Å². The maximum atomic E-state index is 11.4. The maximum Gasteiger partial charge on any atom is 0.329 e. The first-order chi connectivity index (χ1) is 7.54. The van der Waals surface area contributed by atoms with Crippen LogP contribution in [0.2, 0.25) is 0 Å². The Morgan fingerprint density at radius 1 is 1.25 bits per heavy atom. The van der Waals surface area contributed by atoms with Gasteiger partial charge in [-0.05, 0) is 12.8 Å². The van der Waals surface area contributed by atoms with Gasteiger partial charge < -0.3 is 15.4 Å². The molecule has 5 heteroatoms. The SMILES string of the molecule is CCC(CC)NCC(NC(C)=O)C(=O)OC. The first-order valence-electron chi connectivity index (χ1n) is 5.63. The molecular weight excluding hydrogens is 208 g/mol. The highest BCUT2D eigenvalue weighted by Crippen LogP contribution is 1.97. The van der Waals surface area contributed by atoms with Gasteiger partial charge in [0.25, 0.3) is 0 Å². The number of hydrogen-bond donors (Lipinski definition) is 2. The molecule has 0 aliphatic heterocycles.